The topological polar surface area (TPSA) is 49.9 Å². The van der Waals surface area contributed by atoms with Gasteiger partial charge in [0.1, 0.15) is 5.75 Å². The average Bonchev–Trinajstić information content (AvgIpc) is 2.83. The zero-order valence-corrected chi connectivity index (χ0v) is 20.4. The molecule has 3 aromatic rings. The Kier molecular flexibility index (Phi) is 8.92. The Labute approximate surface area is 198 Å². The van der Waals surface area contributed by atoms with Crippen LogP contribution in [-0.4, -0.2) is 47.1 Å². The third-order valence-electron chi connectivity index (χ3n) is 5.73. The van der Waals surface area contributed by atoms with E-state index in [4.69, 9.17) is 4.74 Å². The lowest BCUT2D eigenvalue weighted by molar-refractivity contribution is 0.300. The lowest BCUT2D eigenvalue weighted by atomic mass is 10.1. The van der Waals surface area contributed by atoms with Crippen LogP contribution in [0.1, 0.15) is 25.7 Å². The van der Waals surface area contributed by atoms with Gasteiger partial charge in [-0.3, -0.25) is 4.31 Å². The second-order valence-electron chi connectivity index (χ2n) is 8.26. The Hall–Kier alpha value is -2.83. The Morgan fingerprint density at radius 3 is 2.33 bits per heavy atom. The molecule has 0 aliphatic carbocycles. The largest absolute Gasteiger partial charge is 0.494 e. The van der Waals surface area contributed by atoms with Crippen molar-refractivity contribution in [1.82, 2.24) is 4.90 Å². The van der Waals surface area contributed by atoms with Crippen LogP contribution in [-0.2, 0) is 10.0 Å². The van der Waals surface area contributed by atoms with Gasteiger partial charge in [0.2, 0.25) is 0 Å². The van der Waals surface area contributed by atoms with Crippen molar-refractivity contribution in [2.45, 2.75) is 30.6 Å². The molecule has 3 rings (SSSR count). The first-order valence-electron chi connectivity index (χ1n) is 11.4. The molecule has 176 valence electrons. The summed E-state index contributed by atoms with van der Waals surface area (Å²) in [5, 5.41) is 1.62. The molecule has 0 N–H and O–H groups in total. The van der Waals surface area contributed by atoms with Crippen LogP contribution in [0.5, 0.6) is 5.75 Å². The number of nitrogens with zero attached hydrogens (tertiary/aromatic N) is 2. The summed E-state index contributed by atoms with van der Waals surface area (Å²) in [6, 6.07) is 20.1. The first kappa shape index (κ1) is 24.8. The summed E-state index contributed by atoms with van der Waals surface area (Å²) in [6.07, 6.45) is 6.42. The molecule has 0 heterocycles. The minimum Gasteiger partial charge on any atom is -0.494 e. The maximum Gasteiger partial charge on any atom is 0.264 e. The summed E-state index contributed by atoms with van der Waals surface area (Å²) in [6.45, 7) is 6.43. The summed E-state index contributed by atoms with van der Waals surface area (Å²) in [5.41, 5.74) is 0.596. The smallest absolute Gasteiger partial charge is 0.264 e. The molecule has 0 fully saturated rings. The van der Waals surface area contributed by atoms with Crippen molar-refractivity contribution >= 4 is 26.5 Å². The predicted octanol–water partition coefficient (Wildman–Crippen LogP) is 5.72. The van der Waals surface area contributed by atoms with Gasteiger partial charge in [-0.25, -0.2) is 8.42 Å². The van der Waals surface area contributed by atoms with Crippen LogP contribution in [0.15, 0.2) is 84.3 Å². The van der Waals surface area contributed by atoms with Gasteiger partial charge in [-0.15, -0.1) is 6.58 Å². The van der Waals surface area contributed by atoms with E-state index in [1.165, 1.54) is 17.1 Å². The van der Waals surface area contributed by atoms with Crippen molar-refractivity contribution in [3.05, 3.63) is 79.4 Å². The highest BCUT2D eigenvalue weighted by atomic mass is 32.2. The highest BCUT2D eigenvalue weighted by molar-refractivity contribution is 7.93. The average molecular weight is 467 g/mol. The summed E-state index contributed by atoms with van der Waals surface area (Å²) in [4.78, 5) is 2.57. The van der Waals surface area contributed by atoms with Crippen molar-refractivity contribution in [2.75, 3.05) is 38.1 Å². The lowest BCUT2D eigenvalue weighted by Gasteiger charge is -2.21. The van der Waals surface area contributed by atoms with Crippen LogP contribution < -0.4 is 9.04 Å². The standard InChI is InChI=1S/C27H34N2O3S/c1-4-20-28(2)21-9-5-6-10-22-32-25-18-16-24(17-19-25)29(3)33(30,31)27-15-11-13-23-12-7-8-14-26(23)27/h4,7-8,11-19H,1,5-6,9-10,20-22H2,2-3H3. The zero-order chi connectivity index (χ0) is 23.7. The minimum atomic E-state index is -3.69. The van der Waals surface area contributed by atoms with Crippen molar-refractivity contribution in [1.29, 1.82) is 0 Å². The molecule has 0 atom stereocenters. The molecule has 3 aromatic carbocycles. The molecule has 0 amide bonds. The van der Waals surface area contributed by atoms with Crippen LogP contribution >= 0.6 is 0 Å². The van der Waals surface area contributed by atoms with Gasteiger partial charge in [-0.05, 0) is 62.2 Å². The number of rotatable bonds is 13. The van der Waals surface area contributed by atoms with E-state index in [0.717, 1.165) is 42.5 Å². The van der Waals surface area contributed by atoms with Crippen molar-refractivity contribution in [2.24, 2.45) is 0 Å². The van der Waals surface area contributed by atoms with Crippen LogP contribution in [0.4, 0.5) is 5.69 Å². The molecular formula is C27H34N2O3S. The van der Waals surface area contributed by atoms with Gasteiger partial charge >= 0.3 is 0 Å². The summed E-state index contributed by atoms with van der Waals surface area (Å²) >= 11 is 0. The molecule has 0 saturated heterocycles. The summed E-state index contributed by atoms with van der Waals surface area (Å²) in [7, 11) is 0.00547. The van der Waals surface area contributed by atoms with E-state index < -0.39 is 10.0 Å². The van der Waals surface area contributed by atoms with Gasteiger partial charge in [-0.2, -0.15) is 0 Å². The molecule has 6 heteroatoms. The van der Waals surface area contributed by atoms with Gasteiger partial charge in [0, 0.05) is 19.0 Å². The zero-order valence-electron chi connectivity index (χ0n) is 19.6. The molecule has 0 unspecified atom stereocenters. The van der Waals surface area contributed by atoms with Crippen LogP contribution in [0, 0.1) is 0 Å². The number of ether oxygens (including phenoxy) is 1. The van der Waals surface area contributed by atoms with E-state index in [2.05, 4.69) is 18.5 Å². The molecule has 0 radical (unpaired) electrons. The molecule has 0 aliphatic heterocycles. The fraction of sp³-hybridized carbons (Fsp3) is 0.333. The highest BCUT2D eigenvalue weighted by Gasteiger charge is 2.23. The molecule has 0 spiro atoms. The van der Waals surface area contributed by atoms with Crippen molar-refractivity contribution in [3.8, 4) is 5.75 Å². The lowest BCUT2D eigenvalue weighted by Crippen LogP contribution is -2.26. The summed E-state index contributed by atoms with van der Waals surface area (Å²) in [5.74, 6) is 0.750. The quantitative estimate of drug-likeness (QED) is 0.239. The fourth-order valence-corrected chi connectivity index (χ4v) is 5.21. The number of anilines is 1. The van der Waals surface area contributed by atoms with Crippen LogP contribution in [0.3, 0.4) is 0 Å². The van der Waals surface area contributed by atoms with E-state index in [1.54, 1.807) is 31.3 Å². The third-order valence-corrected chi connectivity index (χ3v) is 7.58. The number of fused-ring (bicyclic) bond motifs is 1. The molecule has 0 saturated carbocycles. The van der Waals surface area contributed by atoms with Gasteiger partial charge in [0.15, 0.2) is 0 Å². The number of benzene rings is 3. The highest BCUT2D eigenvalue weighted by Crippen LogP contribution is 2.29. The molecule has 0 aromatic heterocycles. The molecular weight excluding hydrogens is 432 g/mol. The molecule has 5 nitrogen and oxygen atoms in total. The Bertz CT molecular complexity index is 1140. The fourth-order valence-electron chi connectivity index (χ4n) is 3.80. The number of likely N-dealkylation sites (N-methyl/N-ethyl adjacent to an activating group) is 1. The number of hydrogen-bond acceptors (Lipinski definition) is 4. The van der Waals surface area contributed by atoms with E-state index in [0.29, 0.717) is 17.2 Å². The Morgan fingerprint density at radius 1 is 0.879 bits per heavy atom. The molecule has 33 heavy (non-hydrogen) atoms. The SMILES string of the molecule is C=CCN(C)CCCCCCOc1ccc(N(C)S(=O)(=O)c2cccc3ccccc23)cc1. The Balaban J connectivity index is 1.52. The normalized spacial score (nSPS) is 11.6. The molecule has 0 aliphatic rings. The van der Waals surface area contributed by atoms with Gasteiger partial charge < -0.3 is 9.64 Å². The van der Waals surface area contributed by atoms with E-state index in [9.17, 15) is 8.42 Å². The maximum absolute atomic E-state index is 13.3. The predicted molar refractivity (Wildman–Crippen MR) is 138 cm³/mol. The first-order valence-corrected chi connectivity index (χ1v) is 12.9. The van der Waals surface area contributed by atoms with Crippen LogP contribution in [0.25, 0.3) is 10.8 Å². The summed E-state index contributed by atoms with van der Waals surface area (Å²) < 4.78 is 33.8. The van der Waals surface area contributed by atoms with Crippen molar-refractivity contribution < 1.29 is 13.2 Å². The maximum atomic E-state index is 13.3. The van der Waals surface area contributed by atoms with Gasteiger partial charge in [-0.1, -0.05) is 55.3 Å². The second-order valence-corrected chi connectivity index (χ2v) is 10.2. The van der Waals surface area contributed by atoms with E-state index >= 15 is 0 Å². The minimum absolute atomic E-state index is 0.305. The number of unbranched alkanes of at least 4 members (excludes halogenated alkanes) is 3. The number of hydrogen-bond donors (Lipinski definition) is 0. The van der Waals surface area contributed by atoms with Gasteiger partial charge in [0.25, 0.3) is 10.0 Å². The van der Waals surface area contributed by atoms with E-state index in [-0.39, 0.29) is 0 Å². The monoisotopic (exact) mass is 466 g/mol. The van der Waals surface area contributed by atoms with Crippen molar-refractivity contribution in [3.63, 3.8) is 0 Å². The third kappa shape index (κ3) is 6.59. The van der Waals surface area contributed by atoms with E-state index in [1.807, 2.05) is 48.5 Å². The molecule has 0 bridgehead atoms. The second kappa shape index (κ2) is 11.9. The van der Waals surface area contributed by atoms with Gasteiger partial charge in [0.05, 0.1) is 17.2 Å². The Morgan fingerprint density at radius 2 is 1.58 bits per heavy atom. The van der Waals surface area contributed by atoms with Crippen LogP contribution in [0.2, 0.25) is 0 Å². The number of sulfonamides is 1. The first-order chi connectivity index (χ1) is 15.9.